The van der Waals surface area contributed by atoms with E-state index in [1.807, 2.05) is 6.07 Å². The van der Waals surface area contributed by atoms with E-state index in [9.17, 15) is 0 Å². The minimum atomic E-state index is 0.980. The highest BCUT2D eigenvalue weighted by Gasteiger charge is 2.01. The summed E-state index contributed by atoms with van der Waals surface area (Å²) in [5.74, 6) is 0.980. The van der Waals surface area contributed by atoms with Crippen LogP contribution in [0.1, 0.15) is 16.7 Å². The van der Waals surface area contributed by atoms with Crippen LogP contribution in [0.5, 0.6) is 5.75 Å². The third-order valence-electron chi connectivity index (χ3n) is 2.23. The summed E-state index contributed by atoms with van der Waals surface area (Å²) in [4.78, 5) is 0. The first kappa shape index (κ1) is 8.12. The molecular weight excluding hydrogens is 136 g/mol. The normalized spacial score (nSPS) is 9.82. The lowest BCUT2D eigenvalue weighted by Gasteiger charge is -2.08. The van der Waals surface area contributed by atoms with E-state index in [-0.39, 0.29) is 0 Å². The first-order valence-electron chi connectivity index (χ1n) is 3.77. The summed E-state index contributed by atoms with van der Waals surface area (Å²) in [7, 11) is 1.71. The van der Waals surface area contributed by atoms with Gasteiger partial charge in [-0.25, -0.2) is 0 Å². The molecule has 0 fully saturated rings. The van der Waals surface area contributed by atoms with E-state index in [0.717, 1.165) is 5.75 Å². The van der Waals surface area contributed by atoms with Crippen molar-refractivity contribution >= 4 is 0 Å². The average molecular weight is 150 g/mol. The highest BCUT2D eigenvalue weighted by Crippen LogP contribution is 2.22. The molecule has 1 aromatic rings. The molecule has 0 spiro atoms. The molecule has 1 nitrogen and oxygen atoms in total. The SMILES string of the molecule is COc1ccc(C)c(C)c1C. The van der Waals surface area contributed by atoms with Crippen LogP contribution in [0.3, 0.4) is 0 Å². The van der Waals surface area contributed by atoms with Crippen molar-refractivity contribution in [1.29, 1.82) is 0 Å². The van der Waals surface area contributed by atoms with Gasteiger partial charge in [-0.15, -0.1) is 0 Å². The molecule has 0 saturated heterocycles. The maximum Gasteiger partial charge on any atom is 0.122 e. The largest absolute Gasteiger partial charge is 0.496 e. The summed E-state index contributed by atoms with van der Waals surface area (Å²) in [6.45, 7) is 6.32. The quantitative estimate of drug-likeness (QED) is 0.598. The molecule has 1 heteroatoms. The molecule has 0 aliphatic heterocycles. The van der Waals surface area contributed by atoms with Crippen molar-refractivity contribution in [2.45, 2.75) is 20.8 Å². The molecule has 0 aliphatic carbocycles. The van der Waals surface area contributed by atoms with Crippen molar-refractivity contribution in [3.8, 4) is 5.75 Å². The topological polar surface area (TPSA) is 9.23 Å². The zero-order chi connectivity index (χ0) is 8.43. The molecule has 0 radical (unpaired) electrons. The highest BCUT2D eigenvalue weighted by molar-refractivity contribution is 5.42. The molecule has 0 unspecified atom stereocenters. The molecule has 1 aromatic carbocycles. The molecule has 0 amide bonds. The van der Waals surface area contributed by atoms with Crippen molar-refractivity contribution < 1.29 is 4.74 Å². The lowest BCUT2D eigenvalue weighted by Crippen LogP contribution is -1.91. The molecule has 11 heavy (non-hydrogen) atoms. The van der Waals surface area contributed by atoms with Crippen molar-refractivity contribution in [2.24, 2.45) is 0 Å². The Hall–Kier alpha value is -0.980. The molecule has 0 aliphatic rings. The number of methoxy groups -OCH3 is 1. The molecule has 1 rings (SSSR count). The van der Waals surface area contributed by atoms with Gasteiger partial charge in [-0.3, -0.25) is 0 Å². The standard InChI is InChI=1S/C10H14O/c1-7-5-6-10(11-4)9(3)8(7)2/h5-6H,1-4H3. The zero-order valence-corrected chi connectivity index (χ0v) is 7.56. The van der Waals surface area contributed by atoms with Crippen LogP contribution in [-0.4, -0.2) is 7.11 Å². The maximum atomic E-state index is 5.18. The second-order valence-electron chi connectivity index (χ2n) is 2.83. The highest BCUT2D eigenvalue weighted by atomic mass is 16.5. The number of hydrogen-bond donors (Lipinski definition) is 0. The summed E-state index contributed by atoms with van der Waals surface area (Å²) in [6.07, 6.45) is 0. The van der Waals surface area contributed by atoms with Gasteiger partial charge in [0.15, 0.2) is 0 Å². The fourth-order valence-electron chi connectivity index (χ4n) is 1.15. The van der Waals surface area contributed by atoms with Crippen molar-refractivity contribution in [2.75, 3.05) is 7.11 Å². The molecule has 0 heterocycles. The van der Waals surface area contributed by atoms with E-state index >= 15 is 0 Å². The first-order chi connectivity index (χ1) is 5.16. The second-order valence-corrected chi connectivity index (χ2v) is 2.83. The van der Waals surface area contributed by atoms with Crippen molar-refractivity contribution in [3.05, 3.63) is 28.8 Å². The summed E-state index contributed by atoms with van der Waals surface area (Å²) < 4.78 is 5.18. The number of benzene rings is 1. The Morgan fingerprint density at radius 1 is 1.00 bits per heavy atom. The van der Waals surface area contributed by atoms with Crippen LogP contribution in [0.2, 0.25) is 0 Å². The molecular formula is C10H14O. The van der Waals surface area contributed by atoms with E-state index < -0.39 is 0 Å². The van der Waals surface area contributed by atoms with E-state index in [2.05, 4.69) is 26.8 Å². The Bertz CT molecular complexity index is 264. The average Bonchev–Trinajstić information content (AvgIpc) is 2.01. The minimum absolute atomic E-state index is 0.980. The van der Waals surface area contributed by atoms with Crippen molar-refractivity contribution in [3.63, 3.8) is 0 Å². The lowest BCUT2D eigenvalue weighted by atomic mass is 10.0. The van der Waals surface area contributed by atoms with Crippen LogP contribution in [0, 0.1) is 20.8 Å². The first-order valence-corrected chi connectivity index (χ1v) is 3.77. The fraction of sp³-hybridized carbons (Fsp3) is 0.400. The zero-order valence-electron chi connectivity index (χ0n) is 7.56. The predicted molar refractivity (Wildman–Crippen MR) is 47.2 cm³/mol. The van der Waals surface area contributed by atoms with Gasteiger partial charge in [0.05, 0.1) is 7.11 Å². The van der Waals surface area contributed by atoms with Gasteiger partial charge in [-0.2, -0.15) is 0 Å². The van der Waals surface area contributed by atoms with Gasteiger partial charge >= 0.3 is 0 Å². The summed E-state index contributed by atoms with van der Waals surface area (Å²) >= 11 is 0. The second kappa shape index (κ2) is 2.95. The van der Waals surface area contributed by atoms with E-state index in [1.165, 1.54) is 16.7 Å². The maximum absolute atomic E-state index is 5.18. The summed E-state index contributed by atoms with van der Waals surface area (Å²) in [6, 6.07) is 4.10. The third-order valence-corrected chi connectivity index (χ3v) is 2.23. The Morgan fingerprint density at radius 3 is 2.18 bits per heavy atom. The molecule has 0 N–H and O–H groups in total. The van der Waals surface area contributed by atoms with Crippen LogP contribution in [0.4, 0.5) is 0 Å². The smallest absolute Gasteiger partial charge is 0.122 e. The Labute approximate surface area is 68.0 Å². The van der Waals surface area contributed by atoms with Gasteiger partial charge in [0, 0.05) is 0 Å². The Morgan fingerprint density at radius 2 is 1.64 bits per heavy atom. The Kier molecular flexibility index (Phi) is 2.18. The van der Waals surface area contributed by atoms with Gasteiger partial charge in [-0.1, -0.05) is 6.07 Å². The Balaban J connectivity index is 3.25. The molecule has 0 aromatic heterocycles. The van der Waals surface area contributed by atoms with Crippen LogP contribution >= 0.6 is 0 Å². The fourth-order valence-corrected chi connectivity index (χ4v) is 1.15. The van der Waals surface area contributed by atoms with Gasteiger partial charge in [-0.05, 0) is 43.5 Å². The van der Waals surface area contributed by atoms with Crippen LogP contribution in [-0.2, 0) is 0 Å². The number of hydrogen-bond acceptors (Lipinski definition) is 1. The van der Waals surface area contributed by atoms with Gasteiger partial charge in [0.2, 0.25) is 0 Å². The van der Waals surface area contributed by atoms with Crippen LogP contribution < -0.4 is 4.74 Å². The summed E-state index contributed by atoms with van der Waals surface area (Å²) in [5, 5.41) is 0. The number of rotatable bonds is 1. The number of aryl methyl sites for hydroxylation is 1. The predicted octanol–water partition coefficient (Wildman–Crippen LogP) is 2.62. The van der Waals surface area contributed by atoms with Gasteiger partial charge in [0.25, 0.3) is 0 Å². The molecule has 0 saturated carbocycles. The number of ether oxygens (including phenoxy) is 1. The lowest BCUT2D eigenvalue weighted by molar-refractivity contribution is 0.411. The third kappa shape index (κ3) is 1.37. The minimum Gasteiger partial charge on any atom is -0.496 e. The van der Waals surface area contributed by atoms with Crippen LogP contribution in [0.15, 0.2) is 12.1 Å². The van der Waals surface area contributed by atoms with Gasteiger partial charge < -0.3 is 4.74 Å². The molecule has 0 atom stereocenters. The van der Waals surface area contributed by atoms with E-state index in [0.29, 0.717) is 0 Å². The van der Waals surface area contributed by atoms with E-state index in [1.54, 1.807) is 7.11 Å². The van der Waals surface area contributed by atoms with Crippen LogP contribution in [0.25, 0.3) is 0 Å². The molecule has 60 valence electrons. The van der Waals surface area contributed by atoms with Gasteiger partial charge in [0.1, 0.15) is 5.75 Å². The molecule has 0 bridgehead atoms. The van der Waals surface area contributed by atoms with Crippen molar-refractivity contribution in [1.82, 2.24) is 0 Å². The van der Waals surface area contributed by atoms with E-state index in [4.69, 9.17) is 4.74 Å². The monoisotopic (exact) mass is 150 g/mol. The summed E-state index contributed by atoms with van der Waals surface area (Å²) in [5.41, 5.74) is 3.89.